The molecular formula is C20H15F3N4O2. The molecule has 0 amide bonds. The molecule has 0 N–H and O–H groups in total. The Hall–Kier alpha value is -3.62. The van der Waals surface area contributed by atoms with Crippen molar-refractivity contribution < 1.29 is 22.6 Å². The summed E-state index contributed by atoms with van der Waals surface area (Å²) in [6.45, 7) is 0. The third-order valence-corrected chi connectivity index (χ3v) is 4.43. The van der Waals surface area contributed by atoms with Crippen molar-refractivity contribution in [3.8, 4) is 33.9 Å². The highest BCUT2D eigenvalue weighted by molar-refractivity contribution is 5.80. The number of halogens is 3. The monoisotopic (exact) mass is 400 g/mol. The molecule has 0 unspecified atom stereocenters. The molecule has 0 aliphatic heterocycles. The Balaban J connectivity index is 1.98. The van der Waals surface area contributed by atoms with Crippen molar-refractivity contribution in [1.29, 1.82) is 0 Å². The van der Waals surface area contributed by atoms with Gasteiger partial charge in [0.1, 0.15) is 0 Å². The minimum atomic E-state index is -4.61. The molecule has 0 radical (unpaired) electrons. The molecule has 0 bridgehead atoms. The number of aromatic nitrogens is 4. The SMILES string of the molecule is COc1ccc(-c2cnn3c(C(F)(F)F)cc(-c4ccncc4)nc23)cc1OC. The summed E-state index contributed by atoms with van der Waals surface area (Å²) < 4.78 is 52.4. The van der Waals surface area contributed by atoms with Crippen LogP contribution >= 0.6 is 0 Å². The van der Waals surface area contributed by atoms with Gasteiger partial charge >= 0.3 is 6.18 Å². The fourth-order valence-electron chi connectivity index (χ4n) is 3.04. The number of fused-ring (bicyclic) bond motifs is 1. The van der Waals surface area contributed by atoms with Crippen molar-refractivity contribution in [2.24, 2.45) is 0 Å². The Morgan fingerprint density at radius 2 is 1.62 bits per heavy atom. The van der Waals surface area contributed by atoms with Crippen LogP contribution in [0.15, 0.2) is 55.0 Å². The van der Waals surface area contributed by atoms with Crippen molar-refractivity contribution in [1.82, 2.24) is 19.6 Å². The first-order valence-corrected chi connectivity index (χ1v) is 8.51. The van der Waals surface area contributed by atoms with Crippen LogP contribution in [0, 0.1) is 0 Å². The lowest BCUT2D eigenvalue weighted by Crippen LogP contribution is -2.13. The minimum Gasteiger partial charge on any atom is -0.493 e. The molecule has 0 fully saturated rings. The van der Waals surface area contributed by atoms with Crippen LogP contribution in [0.2, 0.25) is 0 Å². The van der Waals surface area contributed by atoms with E-state index >= 15 is 0 Å². The van der Waals surface area contributed by atoms with E-state index < -0.39 is 11.9 Å². The smallest absolute Gasteiger partial charge is 0.433 e. The van der Waals surface area contributed by atoms with Gasteiger partial charge in [0.05, 0.1) is 26.1 Å². The number of methoxy groups -OCH3 is 2. The summed E-state index contributed by atoms with van der Waals surface area (Å²) in [5.41, 5.74) is 0.902. The topological polar surface area (TPSA) is 61.5 Å². The van der Waals surface area contributed by atoms with Gasteiger partial charge in [0, 0.05) is 23.5 Å². The maximum absolute atomic E-state index is 13.7. The van der Waals surface area contributed by atoms with Crippen LogP contribution in [0.1, 0.15) is 5.69 Å². The van der Waals surface area contributed by atoms with Gasteiger partial charge in [-0.3, -0.25) is 4.98 Å². The molecule has 148 valence electrons. The Bertz CT molecular complexity index is 1170. The van der Waals surface area contributed by atoms with Crippen molar-refractivity contribution in [3.05, 3.63) is 60.7 Å². The zero-order valence-corrected chi connectivity index (χ0v) is 15.4. The molecule has 4 aromatic rings. The van der Waals surface area contributed by atoms with E-state index in [-0.39, 0.29) is 11.3 Å². The van der Waals surface area contributed by atoms with Crippen LogP contribution < -0.4 is 9.47 Å². The lowest BCUT2D eigenvalue weighted by atomic mass is 10.1. The second kappa shape index (κ2) is 7.08. The van der Waals surface area contributed by atoms with E-state index in [9.17, 15) is 13.2 Å². The summed E-state index contributed by atoms with van der Waals surface area (Å²) in [4.78, 5) is 8.36. The molecule has 0 spiro atoms. The summed E-state index contributed by atoms with van der Waals surface area (Å²) >= 11 is 0. The van der Waals surface area contributed by atoms with Gasteiger partial charge in [-0.25, -0.2) is 9.50 Å². The van der Waals surface area contributed by atoms with Crippen molar-refractivity contribution >= 4 is 5.65 Å². The van der Waals surface area contributed by atoms with Crippen LogP contribution in [0.4, 0.5) is 13.2 Å². The van der Waals surface area contributed by atoms with Crippen LogP contribution in [-0.2, 0) is 6.18 Å². The summed E-state index contributed by atoms with van der Waals surface area (Å²) in [6.07, 6.45) is -0.251. The molecular weight excluding hydrogens is 385 g/mol. The molecule has 9 heteroatoms. The van der Waals surface area contributed by atoms with Crippen molar-refractivity contribution in [2.75, 3.05) is 14.2 Å². The summed E-state index contributed by atoms with van der Waals surface area (Å²) in [5.74, 6) is 0.958. The fraction of sp³-hybridized carbons (Fsp3) is 0.150. The lowest BCUT2D eigenvalue weighted by Gasteiger charge is -2.12. The van der Waals surface area contributed by atoms with Gasteiger partial charge in [0.15, 0.2) is 22.8 Å². The predicted octanol–water partition coefficient (Wildman–Crippen LogP) is 4.49. The normalized spacial score (nSPS) is 11.6. The van der Waals surface area contributed by atoms with E-state index in [1.54, 1.807) is 30.3 Å². The van der Waals surface area contributed by atoms with Crippen molar-refractivity contribution in [3.63, 3.8) is 0 Å². The summed E-state index contributed by atoms with van der Waals surface area (Å²) in [7, 11) is 2.99. The largest absolute Gasteiger partial charge is 0.493 e. The highest BCUT2D eigenvalue weighted by Crippen LogP contribution is 2.37. The highest BCUT2D eigenvalue weighted by atomic mass is 19.4. The molecule has 6 nitrogen and oxygen atoms in total. The lowest BCUT2D eigenvalue weighted by molar-refractivity contribution is -0.142. The summed E-state index contributed by atoms with van der Waals surface area (Å²) in [5, 5.41) is 3.94. The van der Waals surface area contributed by atoms with E-state index in [0.717, 1.165) is 10.6 Å². The molecule has 3 aromatic heterocycles. The maximum atomic E-state index is 13.7. The molecule has 3 heterocycles. The van der Waals surface area contributed by atoms with Gasteiger partial charge in [-0.1, -0.05) is 6.07 Å². The number of hydrogen-bond acceptors (Lipinski definition) is 5. The Morgan fingerprint density at radius 1 is 0.897 bits per heavy atom. The fourth-order valence-corrected chi connectivity index (χ4v) is 3.04. The van der Waals surface area contributed by atoms with Gasteiger partial charge in [0.2, 0.25) is 0 Å². The second-order valence-corrected chi connectivity index (χ2v) is 6.12. The Morgan fingerprint density at radius 3 is 2.28 bits per heavy atom. The zero-order valence-electron chi connectivity index (χ0n) is 15.4. The van der Waals surface area contributed by atoms with E-state index in [0.29, 0.717) is 28.2 Å². The quantitative estimate of drug-likeness (QED) is 0.505. The first-order chi connectivity index (χ1) is 13.9. The molecule has 1 aromatic carbocycles. The third-order valence-electron chi connectivity index (χ3n) is 4.43. The first kappa shape index (κ1) is 18.7. The molecule has 29 heavy (non-hydrogen) atoms. The van der Waals surface area contributed by atoms with Gasteiger partial charge in [0.25, 0.3) is 0 Å². The third kappa shape index (κ3) is 3.35. The summed E-state index contributed by atoms with van der Waals surface area (Å²) in [6, 6.07) is 9.25. The molecule has 0 aliphatic rings. The van der Waals surface area contributed by atoms with Gasteiger partial charge < -0.3 is 9.47 Å². The predicted molar refractivity (Wildman–Crippen MR) is 99.8 cm³/mol. The number of hydrogen-bond donors (Lipinski definition) is 0. The number of pyridine rings is 1. The Kier molecular flexibility index (Phi) is 4.57. The number of ether oxygens (including phenoxy) is 2. The first-order valence-electron chi connectivity index (χ1n) is 8.51. The van der Waals surface area contributed by atoms with E-state index in [2.05, 4.69) is 15.1 Å². The standard InChI is InChI=1S/C20H15F3N4O2/c1-28-16-4-3-13(9-17(16)29-2)14-11-25-27-18(20(21,22)23)10-15(26-19(14)27)12-5-7-24-8-6-12/h3-11H,1-2H3. The molecule has 0 saturated heterocycles. The average Bonchev–Trinajstić information content (AvgIpc) is 3.16. The second-order valence-electron chi connectivity index (χ2n) is 6.12. The van der Waals surface area contributed by atoms with Crippen LogP contribution in [-0.4, -0.2) is 33.8 Å². The highest BCUT2D eigenvalue weighted by Gasteiger charge is 2.35. The number of nitrogens with zero attached hydrogens (tertiary/aromatic N) is 4. The molecule has 0 saturated carbocycles. The van der Waals surface area contributed by atoms with Crippen molar-refractivity contribution in [2.45, 2.75) is 6.18 Å². The number of rotatable bonds is 4. The average molecular weight is 400 g/mol. The minimum absolute atomic E-state index is 0.0823. The molecule has 0 aliphatic carbocycles. The van der Waals surface area contributed by atoms with Crippen LogP contribution in [0.5, 0.6) is 11.5 Å². The van der Waals surface area contributed by atoms with E-state index in [4.69, 9.17) is 9.47 Å². The molecule has 0 atom stereocenters. The van der Waals surface area contributed by atoms with Gasteiger partial charge in [-0.2, -0.15) is 18.3 Å². The zero-order chi connectivity index (χ0) is 20.6. The van der Waals surface area contributed by atoms with Gasteiger partial charge in [-0.15, -0.1) is 0 Å². The number of benzene rings is 1. The number of alkyl halides is 3. The van der Waals surface area contributed by atoms with Crippen LogP contribution in [0.25, 0.3) is 28.0 Å². The van der Waals surface area contributed by atoms with E-state index in [1.807, 2.05) is 0 Å². The maximum Gasteiger partial charge on any atom is 0.433 e. The van der Waals surface area contributed by atoms with E-state index in [1.165, 1.54) is 32.8 Å². The molecule has 4 rings (SSSR count). The van der Waals surface area contributed by atoms with Crippen LogP contribution in [0.3, 0.4) is 0 Å². The Labute approximate surface area is 163 Å². The van der Waals surface area contributed by atoms with Gasteiger partial charge in [-0.05, 0) is 35.9 Å².